The Labute approximate surface area is 136 Å². The highest BCUT2D eigenvalue weighted by Crippen LogP contribution is 2.30. The third-order valence-corrected chi connectivity index (χ3v) is 4.80. The minimum absolute atomic E-state index is 0.358. The van der Waals surface area contributed by atoms with Crippen molar-refractivity contribution in [2.45, 2.75) is 25.3 Å². The van der Waals surface area contributed by atoms with Gasteiger partial charge in [0, 0.05) is 17.3 Å². The van der Waals surface area contributed by atoms with Gasteiger partial charge in [-0.2, -0.15) is 0 Å². The SMILES string of the molecule is Oc1cccc(C2CCCN(Cc3occ4ccccc34)C2)c1. The number of aromatic hydroxyl groups is 1. The lowest BCUT2D eigenvalue weighted by atomic mass is 9.90. The number of fused-ring (bicyclic) bond motifs is 1. The van der Waals surface area contributed by atoms with Gasteiger partial charge in [0.05, 0.1) is 12.8 Å². The molecule has 3 nitrogen and oxygen atoms in total. The van der Waals surface area contributed by atoms with Crippen LogP contribution in [0.15, 0.2) is 59.2 Å². The zero-order valence-corrected chi connectivity index (χ0v) is 13.1. The van der Waals surface area contributed by atoms with Gasteiger partial charge in [-0.1, -0.05) is 36.4 Å². The first-order valence-electron chi connectivity index (χ1n) is 8.26. The summed E-state index contributed by atoms with van der Waals surface area (Å²) in [6, 6.07) is 16.0. The molecule has 1 N–H and O–H groups in total. The summed E-state index contributed by atoms with van der Waals surface area (Å²) in [6.45, 7) is 2.96. The number of rotatable bonds is 3. The minimum atomic E-state index is 0.358. The molecule has 0 radical (unpaired) electrons. The first-order chi connectivity index (χ1) is 11.3. The van der Waals surface area contributed by atoms with Crippen LogP contribution in [0, 0.1) is 0 Å². The summed E-state index contributed by atoms with van der Waals surface area (Å²) < 4.78 is 5.80. The molecular weight excluding hydrogens is 286 g/mol. The fourth-order valence-electron chi connectivity index (χ4n) is 3.63. The normalized spacial score (nSPS) is 19.2. The average Bonchev–Trinajstić information content (AvgIpc) is 2.98. The van der Waals surface area contributed by atoms with E-state index >= 15 is 0 Å². The molecule has 3 aromatic rings. The fourth-order valence-corrected chi connectivity index (χ4v) is 3.63. The molecule has 1 unspecified atom stereocenters. The number of benzene rings is 2. The molecule has 1 saturated heterocycles. The van der Waals surface area contributed by atoms with Crippen molar-refractivity contribution in [1.29, 1.82) is 0 Å². The van der Waals surface area contributed by atoms with Gasteiger partial charge < -0.3 is 9.52 Å². The van der Waals surface area contributed by atoms with Crippen LogP contribution in [0.2, 0.25) is 0 Å². The molecule has 0 bridgehead atoms. The van der Waals surface area contributed by atoms with Gasteiger partial charge in [-0.3, -0.25) is 4.90 Å². The molecule has 1 fully saturated rings. The quantitative estimate of drug-likeness (QED) is 0.773. The Morgan fingerprint density at radius 3 is 2.96 bits per heavy atom. The minimum Gasteiger partial charge on any atom is -0.508 e. The van der Waals surface area contributed by atoms with Gasteiger partial charge >= 0.3 is 0 Å². The predicted octanol–water partition coefficient (Wildman–Crippen LogP) is 4.52. The first-order valence-corrected chi connectivity index (χ1v) is 8.26. The maximum absolute atomic E-state index is 9.71. The van der Waals surface area contributed by atoms with E-state index in [1.165, 1.54) is 29.2 Å². The van der Waals surface area contributed by atoms with Gasteiger partial charge in [-0.15, -0.1) is 0 Å². The second-order valence-corrected chi connectivity index (χ2v) is 6.42. The van der Waals surface area contributed by atoms with E-state index in [2.05, 4.69) is 29.2 Å². The fraction of sp³-hybridized carbons (Fsp3) is 0.300. The van der Waals surface area contributed by atoms with E-state index in [4.69, 9.17) is 4.42 Å². The van der Waals surface area contributed by atoms with Gasteiger partial charge in [0.25, 0.3) is 0 Å². The summed E-state index contributed by atoms with van der Waals surface area (Å²) >= 11 is 0. The molecule has 23 heavy (non-hydrogen) atoms. The Morgan fingerprint density at radius 2 is 2.04 bits per heavy atom. The van der Waals surface area contributed by atoms with Crippen molar-refractivity contribution in [1.82, 2.24) is 4.90 Å². The average molecular weight is 307 g/mol. The number of furan rings is 1. The molecule has 1 aliphatic rings. The summed E-state index contributed by atoms with van der Waals surface area (Å²) in [6.07, 6.45) is 4.21. The summed E-state index contributed by atoms with van der Waals surface area (Å²) in [4.78, 5) is 2.46. The van der Waals surface area contributed by atoms with Crippen LogP contribution in [0.25, 0.3) is 10.8 Å². The number of hydrogen-bond donors (Lipinski definition) is 1. The highest BCUT2D eigenvalue weighted by Gasteiger charge is 2.22. The number of likely N-dealkylation sites (tertiary alicyclic amines) is 1. The highest BCUT2D eigenvalue weighted by molar-refractivity contribution is 5.83. The maximum Gasteiger partial charge on any atom is 0.125 e. The van der Waals surface area contributed by atoms with Crippen LogP contribution in [0.4, 0.5) is 0 Å². The Kier molecular flexibility index (Phi) is 3.80. The number of piperidine rings is 1. The lowest BCUT2D eigenvalue weighted by Crippen LogP contribution is -2.33. The Morgan fingerprint density at radius 1 is 1.13 bits per heavy atom. The second kappa shape index (κ2) is 6.09. The molecule has 0 spiro atoms. The van der Waals surface area contributed by atoms with Crippen LogP contribution in [-0.4, -0.2) is 23.1 Å². The van der Waals surface area contributed by atoms with E-state index < -0.39 is 0 Å². The highest BCUT2D eigenvalue weighted by atomic mass is 16.3. The van der Waals surface area contributed by atoms with Crippen LogP contribution in [0.3, 0.4) is 0 Å². The molecule has 1 aromatic heterocycles. The lowest BCUT2D eigenvalue weighted by Gasteiger charge is -2.32. The number of nitrogens with zero attached hydrogens (tertiary/aromatic N) is 1. The van der Waals surface area contributed by atoms with Gasteiger partial charge in [0.15, 0.2) is 0 Å². The van der Waals surface area contributed by atoms with Gasteiger partial charge in [-0.25, -0.2) is 0 Å². The summed E-state index contributed by atoms with van der Waals surface area (Å²) in [5.74, 6) is 1.89. The Hall–Kier alpha value is -2.26. The molecule has 0 amide bonds. The molecule has 118 valence electrons. The van der Waals surface area contributed by atoms with E-state index in [0.717, 1.165) is 25.4 Å². The van der Waals surface area contributed by atoms with E-state index in [-0.39, 0.29) is 0 Å². The number of phenolic OH excluding ortho intramolecular Hbond substituents is 1. The van der Waals surface area contributed by atoms with E-state index in [0.29, 0.717) is 11.7 Å². The predicted molar refractivity (Wildman–Crippen MR) is 91.6 cm³/mol. The van der Waals surface area contributed by atoms with Crippen molar-refractivity contribution in [3.8, 4) is 5.75 Å². The number of phenols is 1. The lowest BCUT2D eigenvalue weighted by molar-refractivity contribution is 0.187. The van der Waals surface area contributed by atoms with Crippen molar-refractivity contribution in [3.05, 3.63) is 66.1 Å². The monoisotopic (exact) mass is 307 g/mol. The second-order valence-electron chi connectivity index (χ2n) is 6.42. The largest absolute Gasteiger partial charge is 0.508 e. The molecule has 2 heterocycles. The van der Waals surface area contributed by atoms with Crippen LogP contribution >= 0.6 is 0 Å². The molecule has 0 aliphatic carbocycles. The first kappa shape index (κ1) is 14.3. The zero-order valence-electron chi connectivity index (χ0n) is 13.1. The van der Waals surface area contributed by atoms with E-state index in [1.807, 2.05) is 24.5 Å². The van der Waals surface area contributed by atoms with Crippen LogP contribution < -0.4 is 0 Å². The molecule has 0 saturated carbocycles. The molecule has 3 heteroatoms. The van der Waals surface area contributed by atoms with Crippen LogP contribution in [0.1, 0.15) is 30.1 Å². The maximum atomic E-state index is 9.71. The molecule has 2 aromatic carbocycles. The van der Waals surface area contributed by atoms with Gasteiger partial charge in [0.2, 0.25) is 0 Å². The smallest absolute Gasteiger partial charge is 0.125 e. The Bertz CT molecular complexity index is 808. The summed E-state index contributed by atoms with van der Waals surface area (Å²) in [5, 5.41) is 12.1. The van der Waals surface area contributed by atoms with Crippen molar-refractivity contribution in [3.63, 3.8) is 0 Å². The zero-order chi connectivity index (χ0) is 15.6. The van der Waals surface area contributed by atoms with E-state index in [9.17, 15) is 5.11 Å². The van der Waals surface area contributed by atoms with Crippen molar-refractivity contribution in [2.24, 2.45) is 0 Å². The van der Waals surface area contributed by atoms with Crippen LogP contribution in [-0.2, 0) is 6.54 Å². The van der Waals surface area contributed by atoms with Crippen molar-refractivity contribution >= 4 is 10.8 Å². The molecule has 1 aliphatic heterocycles. The van der Waals surface area contributed by atoms with Gasteiger partial charge in [-0.05, 0) is 43.0 Å². The van der Waals surface area contributed by atoms with Gasteiger partial charge in [0.1, 0.15) is 11.5 Å². The van der Waals surface area contributed by atoms with Crippen molar-refractivity contribution in [2.75, 3.05) is 13.1 Å². The van der Waals surface area contributed by atoms with E-state index in [1.54, 1.807) is 6.07 Å². The van der Waals surface area contributed by atoms with Crippen LogP contribution in [0.5, 0.6) is 5.75 Å². The van der Waals surface area contributed by atoms with Crippen molar-refractivity contribution < 1.29 is 9.52 Å². The Balaban J connectivity index is 1.51. The summed E-state index contributed by atoms with van der Waals surface area (Å²) in [5.41, 5.74) is 1.24. The molecular formula is C20H21NO2. The number of hydrogen-bond acceptors (Lipinski definition) is 3. The summed E-state index contributed by atoms with van der Waals surface area (Å²) in [7, 11) is 0. The third kappa shape index (κ3) is 2.97. The topological polar surface area (TPSA) is 36.6 Å². The molecule has 1 atom stereocenters. The molecule has 4 rings (SSSR count). The standard InChI is InChI=1S/C20H21NO2/c22-18-8-3-6-15(11-18)16-7-4-10-21(12-16)13-20-19-9-2-1-5-17(19)14-23-20/h1-3,5-6,8-9,11,14,16,22H,4,7,10,12-13H2. The third-order valence-electron chi connectivity index (χ3n) is 4.80.